The summed E-state index contributed by atoms with van der Waals surface area (Å²) < 4.78 is 18.0. The average molecular weight is 463 g/mol. The molecule has 32 heavy (non-hydrogen) atoms. The Morgan fingerprint density at radius 1 is 0.562 bits per heavy atom. The minimum Gasteiger partial charge on any atom is -0.427 e. The van der Waals surface area contributed by atoms with E-state index in [1.165, 1.54) is 77.0 Å². The summed E-state index contributed by atoms with van der Waals surface area (Å²) in [5.74, 6) is 0.817. The fourth-order valence-corrected chi connectivity index (χ4v) is 4.51. The molecule has 0 saturated carbocycles. The number of benzene rings is 1. The van der Waals surface area contributed by atoms with Crippen LogP contribution in [0.1, 0.15) is 103 Å². The van der Waals surface area contributed by atoms with Gasteiger partial charge < -0.3 is 13.6 Å². The summed E-state index contributed by atoms with van der Waals surface area (Å²) in [7, 11) is -1.32. The second kappa shape index (κ2) is 23.0. The monoisotopic (exact) mass is 462 g/mol. The van der Waals surface area contributed by atoms with Gasteiger partial charge in [-0.15, -0.1) is 13.2 Å². The zero-order chi connectivity index (χ0) is 23.0. The lowest BCUT2D eigenvalue weighted by molar-refractivity contribution is 0.198. The Bertz CT molecular complexity index is 507. The Balaban J connectivity index is 2.12. The lowest BCUT2D eigenvalue weighted by Crippen LogP contribution is -2.01. The van der Waals surface area contributed by atoms with E-state index in [1.54, 1.807) is 0 Å². The molecule has 0 radical (unpaired) electrons. The maximum Gasteiger partial charge on any atom is 0.397 e. The second-order valence-corrected chi connectivity index (χ2v) is 9.55. The Kier molecular flexibility index (Phi) is 20.8. The molecular weight excluding hydrogens is 415 g/mol. The van der Waals surface area contributed by atoms with E-state index in [0.717, 1.165) is 31.4 Å². The van der Waals surface area contributed by atoms with Gasteiger partial charge in [-0.1, -0.05) is 94.6 Å². The molecule has 1 rings (SSSR count). The molecule has 0 heterocycles. The molecule has 0 aliphatic rings. The van der Waals surface area contributed by atoms with Crippen molar-refractivity contribution in [3.8, 4) is 5.75 Å². The number of para-hydroxylation sites is 1. The van der Waals surface area contributed by atoms with Gasteiger partial charge in [0.2, 0.25) is 0 Å². The minimum absolute atomic E-state index is 0.708. The van der Waals surface area contributed by atoms with Gasteiger partial charge in [0.15, 0.2) is 0 Å². The summed E-state index contributed by atoms with van der Waals surface area (Å²) in [5.41, 5.74) is 0. The van der Waals surface area contributed by atoms with Crippen LogP contribution in [-0.4, -0.2) is 13.2 Å². The average Bonchev–Trinajstić information content (AvgIpc) is 2.82. The lowest BCUT2D eigenvalue weighted by Gasteiger charge is -2.17. The number of allylic oxidation sites excluding steroid dienone is 2. The van der Waals surface area contributed by atoms with Crippen molar-refractivity contribution in [3.05, 3.63) is 55.6 Å². The Morgan fingerprint density at radius 2 is 0.969 bits per heavy atom. The van der Waals surface area contributed by atoms with Crippen LogP contribution < -0.4 is 4.52 Å². The highest BCUT2D eigenvalue weighted by molar-refractivity contribution is 7.42. The van der Waals surface area contributed by atoms with Gasteiger partial charge in [-0.3, -0.25) is 0 Å². The molecule has 4 heteroatoms. The number of hydrogen-bond donors (Lipinski definition) is 0. The van der Waals surface area contributed by atoms with Crippen LogP contribution in [0.4, 0.5) is 0 Å². The summed E-state index contributed by atoms with van der Waals surface area (Å²) in [6.45, 7) is 8.98. The maximum atomic E-state index is 5.99. The van der Waals surface area contributed by atoms with Crippen molar-refractivity contribution in [2.45, 2.75) is 103 Å². The van der Waals surface area contributed by atoms with Gasteiger partial charge >= 0.3 is 8.60 Å². The fourth-order valence-electron chi connectivity index (χ4n) is 3.48. The first-order valence-corrected chi connectivity index (χ1v) is 14.0. The first-order chi connectivity index (χ1) is 15.9. The van der Waals surface area contributed by atoms with E-state index in [0.29, 0.717) is 13.2 Å². The molecule has 0 bridgehead atoms. The summed E-state index contributed by atoms with van der Waals surface area (Å²) in [5, 5.41) is 0. The fraction of sp³-hybridized carbons (Fsp3) is 0.643. The number of unbranched alkanes of at least 4 members (excludes halogenated alkanes) is 14. The predicted octanol–water partition coefficient (Wildman–Crippen LogP) is 9.94. The Morgan fingerprint density at radius 3 is 1.41 bits per heavy atom. The number of rotatable bonds is 24. The normalized spacial score (nSPS) is 11.0. The molecule has 0 saturated heterocycles. The van der Waals surface area contributed by atoms with Crippen molar-refractivity contribution in [1.29, 1.82) is 0 Å². The van der Waals surface area contributed by atoms with Gasteiger partial charge in [0.1, 0.15) is 5.75 Å². The molecule has 0 aliphatic carbocycles. The SMILES string of the molecule is C=CCCCCCCCCCOP(OCCCCCCCCCC=C)Oc1ccccc1. The highest BCUT2D eigenvalue weighted by Gasteiger charge is 2.14. The first-order valence-electron chi connectivity index (χ1n) is 12.9. The van der Waals surface area contributed by atoms with Crippen LogP contribution in [0.5, 0.6) is 5.75 Å². The Hall–Kier alpha value is -1.15. The summed E-state index contributed by atoms with van der Waals surface area (Å²) >= 11 is 0. The van der Waals surface area contributed by atoms with Crippen molar-refractivity contribution in [1.82, 2.24) is 0 Å². The van der Waals surface area contributed by atoms with Crippen molar-refractivity contribution in [2.75, 3.05) is 13.2 Å². The molecule has 0 unspecified atom stereocenters. The standard InChI is InChI=1S/C28H47O3P/c1-3-5-7-9-11-13-15-17-22-26-29-32(31-28-24-20-19-21-25-28)30-27-23-18-16-14-12-10-8-6-4-2/h3-4,19-21,24-25H,1-2,5-18,22-23,26-27H2. The van der Waals surface area contributed by atoms with Crippen LogP contribution in [0.15, 0.2) is 55.6 Å². The highest BCUT2D eigenvalue weighted by atomic mass is 31.2. The molecule has 0 aliphatic heterocycles. The van der Waals surface area contributed by atoms with Crippen LogP contribution in [0.3, 0.4) is 0 Å². The van der Waals surface area contributed by atoms with Gasteiger partial charge in [0.05, 0.1) is 13.2 Å². The van der Waals surface area contributed by atoms with E-state index < -0.39 is 8.60 Å². The van der Waals surface area contributed by atoms with E-state index >= 15 is 0 Å². The topological polar surface area (TPSA) is 27.7 Å². The van der Waals surface area contributed by atoms with Crippen molar-refractivity contribution in [3.63, 3.8) is 0 Å². The maximum absolute atomic E-state index is 5.99. The lowest BCUT2D eigenvalue weighted by atomic mass is 10.1. The molecule has 0 amide bonds. The van der Waals surface area contributed by atoms with E-state index in [9.17, 15) is 0 Å². The zero-order valence-electron chi connectivity index (χ0n) is 20.4. The van der Waals surface area contributed by atoms with Crippen LogP contribution in [0.2, 0.25) is 0 Å². The molecule has 0 aromatic heterocycles. The van der Waals surface area contributed by atoms with Crippen LogP contribution >= 0.6 is 8.60 Å². The quantitative estimate of drug-likeness (QED) is 0.0869. The Labute approximate surface area is 199 Å². The van der Waals surface area contributed by atoms with E-state index in [-0.39, 0.29) is 0 Å². The van der Waals surface area contributed by atoms with Crippen LogP contribution in [0, 0.1) is 0 Å². The van der Waals surface area contributed by atoms with Crippen molar-refractivity contribution < 1.29 is 13.6 Å². The van der Waals surface area contributed by atoms with Crippen molar-refractivity contribution >= 4 is 8.60 Å². The summed E-state index contributed by atoms with van der Waals surface area (Å²) in [6.07, 6.45) is 23.9. The highest BCUT2D eigenvalue weighted by Crippen LogP contribution is 2.41. The van der Waals surface area contributed by atoms with E-state index in [1.807, 2.05) is 42.5 Å². The van der Waals surface area contributed by atoms with Crippen LogP contribution in [-0.2, 0) is 9.05 Å². The molecule has 3 nitrogen and oxygen atoms in total. The summed E-state index contributed by atoms with van der Waals surface area (Å²) in [4.78, 5) is 0. The second-order valence-electron chi connectivity index (χ2n) is 8.40. The molecule has 1 aromatic rings. The molecular formula is C28H47O3P. The molecule has 0 fully saturated rings. The molecule has 0 N–H and O–H groups in total. The molecule has 182 valence electrons. The third kappa shape index (κ3) is 18.4. The summed E-state index contributed by atoms with van der Waals surface area (Å²) in [6, 6.07) is 9.87. The largest absolute Gasteiger partial charge is 0.427 e. The third-order valence-electron chi connectivity index (χ3n) is 5.42. The number of hydrogen-bond acceptors (Lipinski definition) is 3. The van der Waals surface area contributed by atoms with Gasteiger partial charge in [-0.2, -0.15) is 0 Å². The van der Waals surface area contributed by atoms with Crippen molar-refractivity contribution in [2.24, 2.45) is 0 Å². The predicted molar refractivity (Wildman–Crippen MR) is 140 cm³/mol. The third-order valence-corrected chi connectivity index (χ3v) is 6.57. The van der Waals surface area contributed by atoms with E-state index in [2.05, 4.69) is 13.2 Å². The van der Waals surface area contributed by atoms with Gasteiger partial charge in [-0.25, -0.2) is 0 Å². The van der Waals surface area contributed by atoms with E-state index in [4.69, 9.17) is 13.6 Å². The van der Waals surface area contributed by atoms with Gasteiger partial charge in [0.25, 0.3) is 0 Å². The smallest absolute Gasteiger partial charge is 0.397 e. The van der Waals surface area contributed by atoms with Gasteiger partial charge in [-0.05, 0) is 50.7 Å². The molecule has 0 spiro atoms. The zero-order valence-corrected chi connectivity index (χ0v) is 21.2. The molecule has 0 atom stereocenters. The van der Waals surface area contributed by atoms with Crippen LogP contribution in [0.25, 0.3) is 0 Å². The minimum atomic E-state index is -1.32. The van der Waals surface area contributed by atoms with Gasteiger partial charge in [0, 0.05) is 0 Å². The molecule has 1 aromatic carbocycles. The first kappa shape index (κ1) is 28.9.